The lowest BCUT2D eigenvalue weighted by molar-refractivity contribution is -0.142. The Morgan fingerprint density at radius 1 is 1.56 bits per heavy atom. The quantitative estimate of drug-likeness (QED) is 0.801. The molecule has 0 aliphatic heterocycles. The summed E-state index contributed by atoms with van der Waals surface area (Å²) in [6.45, 7) is 4.04. The van der Waals surface area contributed by atoms with Crippen molar-refractivity contribution in [1.82, 2.24) is 0 Å². The van der Waals surface area contributed by atoms with Crippen molar-refractivity contribution in [2.75, 3.05) is 6.61 Å². The molecule has 1 aromatic carbocycles. The van der Waals surface area contributed by atoms with Crippen LogP contribution in [-0.4, -0.2) is 12.6 Å². The average molecular weight is 282 g/mol. The second-order valence-corrected chi connectivity index (χ2v) is 4.10. The maximum Gasteiger partial charge on any atom is 0.310 e. The minimum atomic E-state index is -0.248. The third-order valence-electron chi connectivity index (χ3n) is 2.26. The van der Waals surface area contributed by atoms with Crippen LogP contribution < -0.4 is 0 Å². The number of hydrogen-bond donors (Lipinski definition) is 0. The molecule has 0 saturated heterocycles. The van der Waals surface area contributed by atoms with Gasteiger partial charge in [-0.3, -0.25) is 4.79 Å². The van der Waals surface area contributed by atoms with Crippen LogP contribution in [0.4, 0.5) is 0 Å². The molecular weight excluding hydrogens is 270 g/mol. The van der Waals surface area contributed by atoms with Crippen LogP contribution in [0.15, 0.2) is 16.6 Å². The van der Waals surface area contributed by atoms with E-state index in [-0.39, 0.29) is 12.4 Å². The van der Waals surface area contributed by atoms with Crippen LogP contribution in [0.3, 0.4) is 0 Å². The number of carbonyl (C=O) groups is 1. The van der Waals surface area contributed by atoms with Crippen LogP contribution in [0, 0.1) is 18.3 Å². The van der Waals surface area contributed by atoms with Gasteiger partial charge in [0.15, 0.2) is 0 Å². The van der Waals surface area contributed by atoms with Crippen molar-refractivity contribution in [1.29, 1.82) is 5.26 Å². The summed E-state index contributed by atoms with van der Waals surface area (Å²) in [6, 6.07) is 5.57. The van der Waals surface area contributed by atoms with E-state index in [4.69, 9.17) is 10.00 Å². The molecule has 0 radical (unpaired) electrons. The lowest BCUT2D eigenvalue weighted by Crippen LogP contribution is -2.08. The number of nitriles is 1. The molecule has 4 heteroatoms. The molecule has 0 spiro atoms. The molecule has 0 N–H and O–H groups in total. The fourth-order valence-corrected chi connectivity index (χ4v) is 1.85. The molecule has 84 valence electrons. The van der Waals surface area contributed by atoms with Gasteiger partial charge in [-0.2, -0.15) is 5.26 Å². The summed E-state index contributed by atoms with van der Waals surface area (Å²) in [5.41, 5.74) is 2.36. The normalized spacial score (nSPS) is 9.62. The Morgan fingerprint density at radius 2 is 2.25 bits per heavy atom. The van der Waals surface area contributed by atoms with Crippen LogP contribution in [0.25, 0.3) is 0 Å². The summed E-state index contributed by atoms with van der Waals surface area (Å²) in [5, 5.41) is 8.83. The number of ether oxygens (including phenoxy) is 1. The van der Waals surface area contributed by atoms with E-state index in [2.05, 4.69) is 22.0 Å². The standard InChI is InChI=1S/C12H12BrNO2/c1-3-16-11(15)6-9-4-5-10(7-14)12(13)8(9)2/h4-5H,3,6H2,1-2H3. The summed E-state index contributed by atoms with van der Waals surface area (Å²) in [6.07, 6.45) is 0.240. The summed E-state index contributed by atoms with van der Waals surface area (Å²) in [4.78, 5) is 11.3. The minimum Gasteiger partial charge on any atom is -0.466 e. The summed E-state index contributed by atoms with van der Waals surface area (Å²) < 4.78 is 5.63. The van der Waals surface area contributed by atoms with E-state index in [1.54, 1.807) is 19.1 Å². The Balaban J connectivity index is 2.96. The van der Waals surface area contributed by atoms with Crippen molar-refractivity contribution in [2.24, 2.45) is 0 Å². The van der Waals surface area contributed by atoms with Crippen molar-refractivity contribution in [3.05, 3.63) is 33.3 Å². The van der Waals surface area contributed by atoms with Crippen molar-refractivity contribution >= 4 is 21.9 Å². The molecule has 16 heavy (non-hydrogen) atoms. The molecule has 0 bridgehead atoms. The van der Waals surface area contributed by atoms with Gasteiger partial charge in [-0.05, 0) is 47.0 Å². The van der Waals surface area contributed by atoms with E-state index >= 15 is 0 Å². The Bertz CT molecular complexity index is 449. The molecule has 0 aromatic heterocycles. The van der Waals surface area contributed by atoms with E-state index in [0.29, 0.717) is 12.2 Å². The van der Waals surface area contributed by atoms with E-state index < -0.39 is 0 Å². The molecule has 1 aromatic rings. The van der Waals surface area contributed by atoms with Crippen LogP contribution in [0.1, 0.15) is 23.6 Å². The lowest BCUT2D eigenvalue weighted by Gasteiger charge is -2.08. The number of esters is 1. The number of rotatable bonds is 3. The van der Waals surface area contributed by atoms with Crippen LogP contribution >= 0.6 is 15.9 Å². The molecule has 0 heterocycles. The van der Waals surface area contributed by atoms with Crippen molar-refractivity contribution in [2.45, 2.75) is 20.3 Å². The zero-order valence-corrected chi connectivity index (χ0v) is 10.8. The topological polar surface area (TPSA) is 50.1 Å². The van der Waals surface area contributed by atoms with Crippen LogP contribution in [0.5, 0.6) is 0 Å². The fraction of sp³-hybridized carbons (Fsp3) is 0.333. The molecule has 0 saturated carbocycles. The zero-order valence-electron chi connectivity index (χ0n) is 9.21. The highest BCUT2D eigenvalue weighted by Gasteiger charge is 2.11. The SMILES string of the molecule is CCOC(=O)Cc1ccc(C#N)c(Br)c1C. The first-order valence-corrected chi connectivity index (χ1v) is 5.73. The third-order valence-corrected chi connectivity index (χ3v) is 3.28. The molecule has 0 atom stereocenters. The van der Waals surface area contributed by atoms with Gasteiger partial charge in [0.1, 0.15) is 6.07 Å². The Hall–Kier alpha value is -1.34. The summed E-state index contributed by atoms with van der Waals surface area (Å²) in [5.74, 6) is -0.248. The number of hydrogen-bond acceptors (Lipinski definition) is 3. The first kappa shape index (κ1) is 12.7. The van der Waals surface area contributed by atoms with Crippen molar-refractivity contribution < 1.29 is 9.53 Å². The van der Waals surface area contributed by atoms with Crippen molar-refractivity contribution in [3.63, 3.8) is 0 Å². The number of nitrogens with zero attached hydrogens (tertiary/aromatic N) is 1. The molecular formula is C12H12BrNO2. The summed E-state index contributed by atoms with van der Waals surface area (Å²) >= 11 is 3.35. The van der Waals surface area contributed by atoms with Crippen molar-refractivity contribution in [3.8, 4) is 6.07 Å². The van der Waals surface area contributed by atoms with Gasteiger partial charge in [-0.25, -0.2) is 0 Å². The van der Waals surface area contributed by atoms with Gasteiger partial charge in [-0.15, -0.1) is 0 Å². The van der Waals surface area contributed by atoms with Crippen LogP contribution in [-0.2, 0) is 16.0 Å². The zero-order chi connectivity index (χ0) is 12.1. The first-order chi connectivity index (χ1) is 7.60. The molecule has 3 nitrogen and oxygen atoms in total. The maximum atomic E-state index is 11.3. The molecule has 0 aliphatic rings. The van der Waals surface area contributed by atoms with Gasteiger partial charge in [0.25, 0.3) is 0 Å². The Kier molecular flexibility index (Phi) is 4.51. The predicted octanol–water partition coefficient (Wildman–Crippen LogP) is 2.73. The van der Waals surface area contributed by atoms with E-state index in [1.807, 2.05) is 6.92 Å². The number of halogens is 1. The van der Waals surface area contributed by atoms with E-state index in [9.17, 15) is 4.79 Å². The number of carbonyl (C=O) groups excluding carboxylic acids is 1. The van der Waals surface area contributed by atoms with Gasteiger partial charge < -0.3 is 4.74 Å². The second-order valence-electron chi connectivity index (χ2n) is 3.30. The second kappa shape index (κ2) is 5.66. The first-order valence-electron chi connectivity index (χ1n) is 4.93. The third kappa shape index (κ3) is 2.83. The highest BCUT2D eigenvalue weighted by atomic mass is 79.9. The van der Waals surface area contributed by atoms with Gasteiger partial charge in [0, 0.05) is 4.47 Å². The smallest absolute Gasteiger partial charge is 0.310 e. The molecule has 0 unspecified atom stereocenters. The molecule has 0 amide bonds. The Labute approximate surface area is 103 Å². The largest absolute Gasteiger partial charge is 0.466 e. The highest BCUT2D eigenvalue weighted by Crippen LogP contribution is 2.24. The lowest BCUT2D eigenvalue weighted by atomic mass is 10.0. The molecule has 1 rings (SSSR count). The number of benzene rings is 1. The Morgan fingerprint density at radius 3 is 2.81 bits per heavy atom. The molecule has 0 fully saturated rings. The average Bonchev–Trinajstić information content (AvgIpc) is 2.25. The minimum absolute atomic E-state index is 0.240. The monoisotopic (exact) mass is 281 g/mol. The van der Waals surface area contributed by atoms with Gasteiger partial charge in [0.2, 0.25) is 0 Å². The highest BCUT2D eigenvalue weighted by molar-refractivity contribution is 9.10. The molecule has 0 aliphatic carbocycles. The van der Waals surface area contributed by atoms with Crippen LogP contribution in [0.2, 0.25) is 0 Å². The maximum absolute atomic E-state index is 11.3. The van der Waals surface area contributed by atoms with Gasteiger partial charge in [-0.1, -0.05) is 6.07 Å². The van der Waals surface area contributed by atoms with Gasteiger partial charge >= 0.3 is 5.97 Å². The predicted molar refractivity (Wildman–Crippen MR) is 63.9 cm³/mol. The van der Waals surface area contributed by atoms with E-state index in [0.717, 1.165) is 15.6 Å². The fourth-order valence-electron chi connectivity index (χ4n) is 1.37. The van der Waals surface area contributed by atoms with E-state index in [1.165, 1.54) is 0 Å². The summed E-state index contributed by atoms with van der Waals surface area (Å²) in [7, 11) is 0. The van der Waals surface area contributed by atoms with Gasteiger partial charge in [0.05, 0.1) is 18.6 Å².